The summed E-state index contributed by atoms with van der Waals surface area (Å²) in [5, 5.41) is 12.1. The van der Waals surface area contributed by atoms with Gasteiger partial charge in [0.15, 0.2) is 5.96 Å². The number of anilines is 1. The Hall–Kier alpha value is -2.28. The van der Waals surface area contributed by atoms with E-state index in [1.54, 1.807) is 7.11 Å². The summed E-state index contributed by atoms with van der Waals surface area (Å²) in [7, 11) is 1.70. The van der Waals surface area contributed by atoms with Gasteiger partial charge < -0.3 is 26.0 Å². The second-order valence-electron chi connectivity index (χ2n) is 6.96. The molecule has 0 saturated carbocycles. The predicted octanol–water partition coefficient (Wildman–Crippen LogP) is 2.70. The number of carbonyl (C=O) groups excluding carboxylic acids is 1. The summed E-state index contributed by atoms with van der Waals surface area (Å²) < 4.78 is 5.41. The van der Waals surface area contributed by atoms with Crippen molar-refractivity contribution in [2.24, 2.45) is 4.99 Å². The van der Waals surface area contributed by atoms with E-state index in [1.165, 1.54) is 0 Å². The van der Waals surface area contributed by atoms with E-state index in [9.17, 15) is 4.79 Å². The number of guanidine groups is 1. The van der Waals surface area contributed by atoms with Crippen LogP contribution < -0.4 is 21.3 Å². The molecule has 0 aliphatic heterocycles. The lowest BCUT2D eigenvalue weighted by Gasteiger charge is -2.24. The van der Waals surface area contributed by atoms with Gasteiger partial charge in [-0.05, 0) is 52.3 Å². The Morgan fingerprint density at radius 1 is 1.19 bits per heavy atom. The number of carbonyl (C=O) groups is 1. The number of aliphatic imine (C=N–C) groups is 1. The van der Waals surface area contributed by atoms with E-state index in [1.807, 2.05) is 58.9 Å². The number of urea groups is 1. The highest BCUT2D eigenvalue weighted by Crippen LogP contribution is 2.10. The zero-order valence-electron chi connectivity index (χ0n) is 16.8. The highest BCUT2D eigenvalue weighted by molar-refractivity contribution is 5.89. The fourth-order valence-corrected chi connectivity index (χ4v) is 2.00. The largest absolute Gasteiger partial charge is 0.377 e. The Labute approximate surface area is 157 Å². The number of nitrogens with one attached hydrogen (secondary N) is 4. The maximum absolute atomic E-state index is 11.7. The van der Waals surface area contributed by atoms with E-state index in [4.69, 9.17) is 4.74 Å². The molecule has 0 unspecified atom stereocenters. The molecule has 0 radical (unpaired) electrons. The standard InChI is InChI=1S/C19H33N5O2/c1-7-20-17(22-13-19(4,5)26-6)21-12-15-8-10-16(11-9-15)24-18(25)23-14(2)3/h8-11,14H,7,12-13H2,1-6H3,(H2,20,21,22)(H2,23,24,25). The third-order valence-corrected chi connectivity index (χ3v) is 3.63. The average molecular weight is 364 g/mol. The van der Waals surface area contributed by atoms with Crippen LogP contribution in [-0.4, -0.2) is 43.8 Å². The van der Waals surface area contributed by atoms with Crippen molar-refractivity contribution in [2.75, 3.05) is 25.5 Å². The van der Waals surface area contributed by atoms with E-state index in [0.29, 0.717) is 13.1 Å². The van der Waals surface area contributed by atoms with Crippen LogP contribution in [0, 0.1) is 0 Å². The van der Waals surface area contributed by atoms with Crippen molar-refractivity contribution in [2.45, 2.75) is 52.8 Å². The van der Waals surface area contributed by atoms with E-state index < -0.39 is 0 Å². The van der Waals surface area contributed by atoms with Gasteiger partial charge >= 0.3 is 6.03 Å². The van der Waals surface area contributed by atoms with Crippen molar-refractivity contribution >= 4 is 17.7 Å². The molecule has 2 amide bonds. The van der Waals surface area contributed by atoms with Gasteiger partial charge in [-0.1, -0.05) is 12.1 Å². The molecule has 0 heterocycles. The van der Waals surface area contributed by atoms with E-state index in [2.05, 4.69) is 26.3 Å². The van der Waals surface area contributed by atoms with Gasteiger partial charge in [-0.3, -0.25) is 0 Å². The van der Waals surface area contributed by atoms with Crippen LogP contribution in [0.3, 0.4) is 0 Å². The van der Waals surface area contributed by atoms with E-state index in [0.717, 1.165) is 23.8 Å². The Balaban J connectivity index is 2.62. The molecule has 0 bridgehead atoms. The molecule has 7 nitrogen and oxygen atoms in total. The smallest absolute Gasteiger partial charge is 0.319 e. The molecule has 0 fully saturated rings. The van der Waals surface area contributed by atoms with Crippen molar-refractivity contribution in [1.29, 1.82) is 0 Å². The number of rotatable bonds is 8. The van der Waals surface area contributed by atoms with Gasteiger partial charge in [0.2, 0.25) is 0 Å². The van der Waals surface area contributed by atoms with E-state index >= 15 is 0 Å². The second-order valence-corrected chi connectivity index (χ2v) is 6.96. The van der Waals surface area contributed by atoms with Crippen LogP contribution in [0.5, 0.6) is 0 Å². The van der Waals surface area contributed by atoms with Crippen molar-refractivity contribution in [1.82, 2.24) is 16.0 Å². The second kappa shape index (κ2) is 10.7. The monoisotopic (exact) mass is 363 g/mol. The zero-order valence-corrected chi connectivity index (χ0v) is 16.8. The van der Waals surface area contributed by atoms with Gasteiger partial charge in [0.05, 0.1) is 12.1 Å². The summed E-state index contributed by atoms with van der Waals surface area (Å²) in [6.07, 6.45) is 0. The van der Waals surface area contributed by atoms with Gasteiger partial charge in [0, 0.05) is 31.9 Å². The van der Waals surface area contributed by atoms with Crippen molar-refractivity contribution in [3.05, 3.63) is 29.8 Å². The van der Waals surface area contributed by atoms with Gasteiger partial charge in [0.1, 0.15) is 0 Å². The highest BCUT2D eigenvalue weighted by atomic mass is 16.5. The first-order valence-electron chi connectivity index (χ1n) is 8.99. The van der Waals surface area contributed by atoms with Crippen LogP contribution in [0.25, 0.3) is 0 Å². The SMILES string of the molecule is CCNC(=NCc1ccc(NC(=O)NC(C)C)cc1)NCC(C)(C)OC. The van der Waals surface area contributed by atoms with Crippen LogP contribution in [-0.2, 0) is 11.3 Å². The number of hydrogen-bond acceptors (Lipinski definition) is 3. The summed E-state index contributed by atoms with van der Waals surface area (Å²) in [5.74, 6) is 0.746. The molecular weight excluding hydrogens is 330 g/mol. The van der Waals surface area contributed by atoms with Gasteiger partial charge in [-0.25, -0.2) is 9.79 Å². The zero-order chi connectivity index (χ0) is 19.6. The number of ether oxygens (including phenoxy) is 1. The molecule has 0 aromatic heterocycles. The number of methoxy groups -OCH3 is 1. The number of nitrogens with zero attached hydrogens (tertiary/aromatic N) is 1. The first kappa shape index (κ1) is 21.8. The minimum atomic E-state index is -0.264. The van der Waals surface area contributed by atoms with Crippen molar-refractivity contribution in [3.8, 4) is 0 Å². The third kappa shape index (κ3) is 8.71. The van der Waals surface area contributed by atoms with Crippen LogP contribution in [0.4, 0.5) is 10.5 Å². The number of hydrogen-bond donors (Lipinski definition) is 4. The normalized spacial score (nSPS) is 12.0. The van der Waals surface area contributed by atoms with Crippen LogP contribution >= 0.6 is 0 Å². The molecule has 0 spiro atoms. The average Bonchev–Trinajstić information content (AvgIpc) is 2.58. The summed E-state index contributed by atoms with van der Waals surface area (Å²) in [6, 6.07) is 7.56. The number of amides is 2. The summed E-state index contributed by atoms with van der Waals surface area (Å²) in [4.78, 5) is 16.3. The maximum atomic E-state index is 11.7. The van der Waals surface area contributed by atoms with Gasteiger partial charge in [-0.15, -0.1) is 0 Å². The van der Waals surface area contributed by atoms with Gasteiger partial charge in [-0.2, -0.15) is 0 Å². The lowest BCUT2D eigenvalue weighted by molar-refractivity contribution is 0.0268. The molecule has 1 aromatic rings. The summed E-state index contributed by atoms with van der Waals surface area (Å²) in [5.41, 5.74) is 1.55. The Morgan fingerprint density at radius 3 is 2.38 bits per heavy atom. The minimum absolute atomic E-state index is 0.101. The molecule has 0 saturated heterocycles. The predicted molar refractivity (Wildman–Crippen MR) is 108 cm³/mol. The van der Waals surface area contributed by atoms with Crippen molar-refractivity contribution < 1.29 is 9.53 Å². The Bertz CT molecular complexity index is 582. The molecule has 1 aromatic carbocycles. The molecule has 0 aliphatic rings. The topological polar surface area (TPSA) is 86.8 Å². The van der Waals surface area contributed by atoms with Crippen LogP contribution in [0.1, 0.15) is 40.2 Å². The minimum Gasteiger partial charge on any atom is -0.377 e. The fourth-order valence-electron chi connectivity index (χ4n) is 2.00. The first-order chi connectivity index (χ1) is 12.3. The molecule has 1 rings (SSSR count). The highest BCUT2D eigenvalue weighted by Gasteiger charge is 2.16. The van der Waals surface area contributed by atoms with Crippen LogP contribution in [0.2, 0.25) is 0 Å². The summed E-state index contributed by atoms with van der Waals surface area (Å²) >= 11 is 0. The molecule has 26 heavy (non-hydrogen) atoms. The summed E-state index contributed by atoms with van der Waals surface area (Å²) in [6.45, 7) is 11.9. The molecule has 146 valence electrons. The lowest BCUT2D eigenvalue weighted by Crippen LogP contribution is -2.45. The lowest BCUT2D eigenvalue weighted by atomic mass is 10.1. The van der Waals surface area contributed by atoms with Gasteiger partial charge in [0.25, 0.3) is 0 Å². The number of benzene rings is 1. The quantitative estimate of drug-likeness (QED) is 0.422. The molecule has 0 atom stereocenters. The van der Waals surface area contributed by atoms with Crippen LogP contribution in [0.15, 0.2) is 29.3 Å². The molecule has 4 N–H and O–H groups in total. The maximum Gasteiger partial charge on any atom is 0.319 e. The molecular formula is C19H33N5O2. The molecule has 0 aliphatic carbocycles. The first-order valence-corrected chi connectivity index (χ1v) is 8.99. The fraction of sp³-hybridized carbons (Fsp3) is 0.579. The molecule has 7 heteroatoms. The van der Waals surface area contributed by atoms with E-state index in [-0.39, 0.29) is 17.7 Å². The van der Waals surface area contributed by atoms with Crippen molar-refractivity contribution in [3.63, 3.8) is 0 Å². The Kier molecular flexibility index (Phi) is 8.92. The Morgan fingerprint density at radius 2 is 1.85 bits per heavy atom. The third-order valence-electron chi connectivity index (χ3n) is 3.63.